The molecule has 0 aliphatic carbocycles. The number of hydrogen-bond donors (Lipinski definition) is 0. The summed E-state index contributed by atoms with van der Waals surface area (Å²) in [6.07, 6.45) is -3.83. The molecule has 2 heterocycles. The molecule has 0 bridgehead atoms. The van der Waals surface area contributed by atoms with Gasteiger partial charge in [0.2, 0.25) is 5.88 Å². The topological polar surface area (TPSA) is 91.5 Å². The third kappa shape index (κ3) is 4.25. The summed E-state index contributed by atoms with van der Waals surface area (Å²) in [5.41, 5.74) is -0.723. The van der Waals surface area contributed by atoms with Gasteiger partial charge in [-0.05, 0) is 44.2 Å². The molecule has 0 aliphatic heterocycles. The standard InChI is InChI=1S/C17H13F3N2O5S/c1-10-16(11(2)26-22-10)28(23,24)27-14-6-4-13(5-7-14)25-15-8-3-12(9-21-15)17(18,19)20/h3-9H,1-2H3. The Hall–Kier alpha value is -3.08. The predicted octanol–water partition coefficient (Wildman–Crippen LogP) is 4.27. The number of aryl methyl sites for hydroxylation is 2. The first-order valence-electron chi connectivity index (χ1n) is 7.75. The van der Waals surface area contributed by atoms with Crippen LogP contribution in [0.15, 0.2) is 52.0 Å². The Kier molecular flexibility index (Phi) is 5.02. The second-order valence-electron chi connectivity index (χ2n) is 5.65. The number of ether oxygens (including phenoxy) is 1. The van der Waals surface area contributed by atoms with Crippen LogP contribution in [0.5, 0.6) is 17.4 Å². The van der Waals surface area contributed by atoms with Gasteiger partial charge in [-0.2, -0.15) is 21.6 Å². The van der Waals surface area contributed by atoms with E-state index in [-0.39, 0.29) is 33.7 Å². The van der Waals surface area contributed by atoms with Crippen molar-refractivity contribution in [3.63, 3.8) is 0 Å². The summed E-state index contributed by atoms with van der Waals surface area (Å²) in [6.45, 7) is 2.92. The van der Waals surface area contributed by atoms with Gasteiger partial charge in [-0.25, -0.2) is 4.98 Å². The fraction of sp³-hybridized carbons (Fsp3) is 0.176. The highest BCUT2D eigenvalue weighted by molar-refractivity contribution is 7.87. The maximum atomic E-state index is 12.5. The first-order chi connectivity index (χ1) is 13.1. The fourth-order valence-electron chi connectivity index (χ4n) is 2.29. The molecular formula is C17H13F3N2O5S. The van der Waals surface area contributed by atoms with Crippen molar-refractivity contribution in [3.05, 3.63) is 59.6 Å². The van der Waals surface area contributed by atoms with Gasteiger partial charge in [0.15, 0.2) is 10.7 Å². The van der Waals surface area contributed by atoms with Gasteiger partial charge in [-0.3, -0.25) is 0 Å². The van der Waals surface area contributed by atoms with Crippen LogP contribution < -0.4 is 8.92 Å². The largest absolute Gasteiger partial charge is 0.439 e. The summed E-state index contributed by atoms with van der Waals surface area (Å²) in [6, 6.07) is 7.35. The lowest BCUT2D eigenvalue weighted by atomic mass is 10.3. The van der Waals surface area contributed by atoms with Crippen LogP contribution in [0.3, 0.4) is 0 Å². The Bertz CT molecular complexity index is 1060. The first kappa shape index (κ1) is 19.7. The second-order valence-corrected chi connectivity index (χ2v) is 7.13. The van der Waals surface area contributed by atoms with Gasteiger partial charge >= 0.3 is 16.3 Å². The zero-order chi connectivity index (χ0) is 20.5. The molecule has 7 nitrogen and oxygen atoms in total. The molecule has 0 unspecified atom stereocenters. The minimum atomic E-state index is -4.49. The second kappa shape index (κ2) is 7.15. The third-order valence-corrected chi connectivity index (χ3v) is 5.03. The smallest absolute Gasteiger partial charge is 0.417 e. The minimum absolute atomic E-state index is 0.00716. The molecule has 3 rings (SSSR count). The molecule has 0 saturated carbocycles. The lowest BCUT2D eigenvalue weighted by Gasteiger charge is -2.09. The molecule has 0 saturated heterocycles. The molecule has 0 N–H and O–H groups in total. The van der Waals surface area contributed by atoms with Crippen LogP contribution in [0, 0.1) is 13.8 Å². The van der Waals surface area contributed by atoms with Gasteiger partial charge in [0.1, 0.15) is 17.2 Å². The van der Waals surface area contributed by atoms with Crippen molar-refractivity contribution < 1.29 is 35.0 Å². The Labute approximate surface area is 157 Å². The zero-order valence-electron chi connectivity index (χ0n) is 14.5. The number of alkyl halides is 3. The van der Waals surface area contributed by atoms with Crippen LogP contribution in [-0.4, -0.2) is 18.6 Å². The lowest BCUT2D eigenvalue weighted by Crippen LogP contribution is -2.11. The van der Waals surface area contributed by atoms with Crippen LogP contribution in [0.25, 0.3) is 0 Å². The maximum Gasteiger partial charge on any atom is 0.417 e. The maximum absolute atomic E-state index is 12.5. The van der Waals surface area contributed by atoms with Crippen molar-refractivity contribution in [2.45, 2.75) is 24.9 Å². The highest BCUT2D eigenvalue weighted by Crippen LogP contribution is 2.31. The third-order valence-electron chi connectivity index (χ3n) is 3.53. The highest BCUT2D eigenvalue weighted by atomic mass is 32.2. The van der Waals surface area contributed by atoms with Gasteiger partial charge in [0.25, 0.3) is 0 Å². The van der Waals surface area contributed by atoms with Gasteiger partial charge in [0, 0.05) is 12.3 Å². The molecule has 0 radical (unpaired) electrons. The van der Waals surface area contributed by atoms with E-state index in [4.69, 9.17) is 13.4 Å². The summed E-state index contributed by atoms with van der Waals surface area (Å²) in [7, 11) is -4.14. The van der Waals surface area contributed by atoms with Crippen LogP contribution >= 0.6 is 0 Å². The average molecular weight is 414 g/mol. The van der Waals surface area contributed by atoms with Crippen LogP contribution in [-0.2, 0) is 16.3 Å². The predicted molar refractivity (Wildman–Crippen MR) is 89.5 cm³/mol. The molecule has 2 aromatic heterocycles. The summed E-state index contributed by atoms with van der Waals surface area (Å²) >= 11 is 0. The van der Waals surface area contributed by atoms with Crippen molar-refractivity contribution in [1.29, 1.82) is 0 Å². The Morgan fingerprint density at radius 3 is 2.14 bits per heavy atom. The monoisotopic (exact) mass is 414 g/mol. The number of benzene rings is 1. The number of rotatable bonds is 5. The van der Waals surface area contributed by atoms with E-state index in [1.165, 1.54) is 38.1 Å². The average Bonchev–Trinajstić information content (AvgIpc) is 2.95. The molecular weight excluding hydrogens is 401 g/mol. The zero-order valence-corrected chi connectivity index (χ0v) is 15.3. The fourth-order valence-corrected chi connectivity index (χ4v) is 3.53. The normalized spacial score (nSPS) is 12.0. The summed E-state index contributed by atoms with van der Waals surface area (Å²) in [5.74, 6) is 0.290. The molecule has 1 aromatic carbocycles. The van der Waals surface area contributed by atoms with E-state index in [9.17, 15) is 21.6 Å². The molecule has 0 atom stereocenters. The molecule has 0 spiro atoms. The van der Waals surface area contributed by atoms with E-state index >= 15 is 0 Å². The van der Waals surface area contributed by atoms with E-state index in [1.54, 1.807) is 0 Å². The number of pyridine rings is 1. The van der Waals surface area contributed by atoms with E-state index in [1.807, 2.05) is 0 Å². The quantitative estimate of drug-likeness (QED) is 0.576. The summed E-state index contributed by atoms with van der Waals surface area (Å²) < 4.78 is 77.5. The number of hydrogen-bond acceptors (Lipinski definition) is 7. The van der Waals surface area contributed by atoms with Gasteiger partial charge in [0.05, 0.1) is 5.56 Å². The van der Waals surface area contributed by atoms with Crippen LogP contribution in [0.2, 0.25) is 0 Å². The van der Waals surface area contributed by atoms with Crippen LogP contribution in [0.1, 0.15) is 17.0 Å². The number of halogens is 3. The van der Waals surface area contributed by atoms with Crippen molar-refractivity contribution in [2.24, 2.45) is 0 Å². The molecule has 28 heavy (non-hydrogen) atoms. The summed E-state index contributed by atoms with van der Waals surface area (Å²) in [4.78, 5) is 3.44. The lowest BCUT2D eigenvalue weighted by molar-refractivity contribution is -0.137. The highest BCUT2D eigenvalue weighted by Gasteiger charge is 2.30. The number of nitrogens with zero attached hydrogens (tertiary/aromatic N) is 2. The summed E-state index contributed by atoms with van der Waals surface area (Å²) in [5, 5.41) is 3.57. The molecule has 11 heteroatoms. The van der Waals surface area contributed by atoms with Crippen molar-refractivity contribution in [1.82, 2.24) is 10.1 Å². The molecule has 148 valence electrons. The molecule has 0 aliphatic rings. The van der Waals surface area contributed by atoms with Crippen molar-refractivity contribution >= 4 is 10.1 Å². The Morgan fingerprint density at radius 2 is 1.64 bits per heavy atom. The minimum Gasteiger partial charge on any atom is -0.439 e. The first-order valence-corrected chi connectivity index (χ1v) is 9.15. The Balaban J connectivity index is 1.72. The van der Waals surface area contributed by atoms with E-state index < -0.39 is 21.9 Å². The number of aromatic nitrogens is 2. The molecule has 0 fully saturated rings. The molecule has 3 aromatic rings. The van der Waals surface area contributed by atoms with E-state index in [0.717, 1.165) is 12.1 Å². The van der Waals surface area contributed by atoms with Crippen LogP contribution in [0.4, 0.5) is 13.2 Å². The van der Waals surface area contributed by atoms with Gasteiger partial charge < -0.3 is 13.4 Å². The van der Waals surface area contributed by atoms with E-state index in [2.05, 4.69) is 10.1 Å². The van der Waals surface area contributed by atoms with E-state index in [0.29, 0.717) is 6.20 Å². The van der Waals surface area contributed by atoms with Gasteiger partial charge in [-0.1, -0.05) is 5.16 Å². The molecule has 0 amide bonds. The SMILES string of the molecule is Cc1noc(C)c1S(=O)(=O)Oc1ccc(Oc2ccc(C(F)(F)F)cn2)cc1. The van der Waals surface area contributed by atoms with Crippen molar-refractivity contribution in [2.75, 3.05) is 0 Å². The Morgan fingerprint density at radius 1 is 1.00 bits per heavy atom. The van der Waals surface area contributed by atoms with Gasteiger partial charge in [-0.15, -0.1) is 0 Å². The van der Waals surface area contributed by atoms with Crippen molar-refractivity contribution in [3.8, 4) is 17.4 Å².